The summed E-state index contributed by atoms with van der Waals surface area (Å²) >= 11 is 0. The van der Waals surface area contributed by atoms with Crippen molar-refractivity contribution in [2.75, 3.05) is 12.9 Å². The highest BCUT2D eigenvalue weighted by Crippen LogP contribution is 1.99. The van der Waals surface area contributed by atoms with Crippen molar-refractivity contribution in [3.63, 3.8) is 0 Å². The van der Waals surface area contributed by atoms with E-state index in [1.807, 2.05) is 0 Å². The third-order valence-electron chi connectivity index (χ3n) is 0.875. The molecule has 62 valence electrons. The first-order chi connectivity index (χ1) is 4.45. The summed E-state index contributed by atoms with van der Waals surface area (Å²) in [5.41, 5.74) is 0. The molecule has 1 atom stereocenters. The van der Waals surface area contributed by atoms with Gasteiger partial charge in [-0.1, -0.05) is 0 Å². The van der Waals surface area contributed by atoms with Crippen molar-refractivity contribution in [3.8, 4) is 0 Å². The van der Waals surface area contributed by atoms with E-state index >= 15 is 0 Å². The van der Waals surface area contributed by atoms with Crippen molar-refractivity contribution in [2.45, 2.75) is 19.4 Å². The molecule has 0 bridgehead atoms. The van der Waals surface area contributed by atoms with Gasteiger partial charge in [0.15, 0.2) is 0 Å². The van der Waals surface area contributed by atoms with Crippen LogP contribution >= 0.6 is 0 Å². The van der Waals surface area contributed by atoms with Crippen LogP contribution in [0.4, 0.5) is 0 Å². The van der Waals surface area contributed by atoms with Gasteiger partial charge in [-0.25, -0.2) is 0 Å². The third-order valence-corrected chi connectivity index (χ3v) is 1.55. The zero-order valence-electron chi connectivity index (χ0n) is 6.07. The van der Waals surface area contributed by atoms with Gasteiger partial charge >= 0.3 is 0 Å². The lowest BCUT2D eigenvalue weighted by Crippen LogP contribution is -2.14. The quantitative estimate of drug-likeness (QED) is 0.587. The van der Waals surface area contributed by atoms with Gasteiger partial charge in [-0.3, -0.25) is 4.18 Å². The van der Waals surface area contributed by atoms with Gasteiger partial charge in [0.2, 0.25) is 0 Å². The van der Waals surface area contributed by atoms with Crippen LogP contribution < -0.4 is 0 Å². The van der Waals surface area contributed by atoms with Crippen molar-refractivity contribution in [1.29, 1.82) is 0 Å². The SMILES string of the molecule is C[C@@H](CCO)OS(C)(=O)=O. The number of hydrogen-bond acceptors (Lipinski definition) is 4. The van der Waals surface area contributed by atoms with E-state index in [4.69, 9.17) is 5.11 Å². The lowest BCUT2D eigenvalue weighted by Gasteiger charge is -2.07. The first kappa shape index (κ1) is 9.87. The summed E-state index contributed by atoms with van der Waals surface area (Å²) in [4.78, 5) is 0. The molecule has 4 nitrogen and oxygen atoms in total. The van der Waals surface area contributed by atoms with Crippen LogP contribution in [0.25, 0.3) is 0 Å². The Labute approximate surface area is 60.9 Å². The smallest absolute Gasteiger partial charge is 0.264 e. The summed E-state index contributed by atoms with van der Waals surface area (Å²) in [7, 11) is -3.36. The molecule has 0 unspecified atom stereocenters. The second-order valence-electron chi connectivity index (χ2n) is 2.12. The molecule has 10 heavy (non-hydrogen) atoms. The van der Waals surface area contributed by atoms with Crippen LogP contribution in [-0.4, -0.2) is 32.5 Å². The molecule has 0 rings (SSSR count). The third kappa shape index (κ3) is 6.00. The zero-order valence-corrected chi connectivity index (χ0v) is 6.89. The summed E-state index contributed by atoms with van der Waals surface area (Å²) in [6.07, 6.45) is 0.897. The van der Waals surface area contributed by atoms with Crippen molar-refractivity contribution in [1.82, 2.24) is 0 Å². The van der Waals surface area contributed by atoms with E-state index < -0.39 is 16.2 Å². The first-order valence-electron chi connectivity index (χ1n) is 2.95. The summed E-state index contributed by atoms with van der Waals surface area (Å²) < 4.78 is 25.3. The van der Waals surface area contributed by atoms with Gasteiger partial charge < -0.3 is 5.11 Å². The molecule has 0 aromatic rings. The van der Waals surface area contributed by atoms with Gasteiger partial charge in [-0.05, 0) is 13.3 Å². The van der Waals surface area contributed by atoms with E-state index in [1.165, 1.54) is 0 Å². The maximum atomic E-state index is 10.4. The molecular weight excluding hydrogens is 156 g/mol. The summed E-state index contributed by atoms with van der Waals surface area (Å²) in [5, 5.41) is 8.36. The van der Waals surface area contributed by atoms with Crippen LogP contribution in [0.1, 0.15) is 13.3 Å². The fourth-order valence-corrected chi connectivity index (χ4v) is 1.22. The first-order valence-corrected chi connectivity index (χ1v) is 4.76. The molecule has 0 saturated heterocycles. The highest BCUT2D eigenvalue weighted by Gasteiger charge is 2.08. The van der Waals surface area contributed by atoms with Crippen molar-refractivity contribution in [3.05, 3.63) is 0 Å². The molecule has 0 aliphatic carbocycles. The Balaban J connectivity index is 3.69. The van der Waals surface area contributed by atoms with Crippen LogP contribution in [0.3, 0.4) is 0 Å². The summed E-state index contributed by atoms with van der Waals surface area (Å²) in [5.74, 6) is 0. The molecule has 0 aliphatic rings. The normalized spacial score (nSPS) is 15.1. The molecule has 1 N–H and O–H groups in total. The zero-order chi connectivity index (χ0) is 8.20. The minimum atomic E-state index is -3.36. The molecule has 5 heteroatoms. The van der Waals surface area contributed by atoms with Crippen LogP contribution in [0.5, 0.6) is 0 Å². The molecular formula is C5H12O4S. The molecule has 0 saturated carbocycles. The average molecular weight is 168 g/mol. The standard InChI is InChI=1S/C5H12O4S/c1-5(3-4-6)9-10(2,7)8/h5-6H,3-4H2,1-2H3/t5-/m0/s1. The second kappa shape index (κ2) is 3.90. The van der Waals surface area contributed by atoms with Gasteiger partial charge in [-0.15, -0.1) is 0 Å². The molecule has 0 aromatic heterocycles. The summed E-state index contributed by atoms with van der Waals surface area (Å²) in [6, 6.07) is 0. The molecule has 0 fully saturated rings. The lowest BCUT2D eigenvalue weighted by atomic mass is 10.3. The van der Waals surface area contributed by atoms with Gasteiger partial charge in [-0.2, -0.15) is 8.42 Å². The maximum Gasteiger partial charge on any atom is 0.264 e. The van der Waals surface area contributed by atoms with Gasteiger partial charge in [0.25, 0.3) is 10.1 Å². The predicted molar refractivity (Wildman–Crippen MR) is 37.1 cm³/mol. The molecule has 0 amide bonds. The number of rotatable bonds is 4. The molecule has 0 aliphatic heterocycles. The Bertz CT molecular complexity index is 172. The number of aliphatic hydroxyl groups excluding tert-OH is 1. The van der Waals surface area contributed by atoms with Crippen molar-refractivity contribution >= 4 is 10.1 Å². The van der Waals surface area contributed by atoms with E-state index in [9.17, 15) is 8.42 Å². The minimum Gasteiger partial charge on any atom is -0.396 e. The van der Waals surface area contributed by atoms with Gasteiger partial charge in [0, 0.05) is 6.61 Å². The topological polar surface area (TPSA) is 63.6 Å². The van der Waals surface area contributed by atoms with E-state index in [2.05, 4.69) is 4.18 Å². The largest absolute Gasteiger partial charge is 0.396 e. The fourth-order valence-electron chi connectivity index (χ4n) is 0.528. The van der Waals surface area contributed by atoms with Gasteiger partial charge in [0.1, 0.15) is 0 Å². The van der Waals surface area contributed by atoms with Gasteiger partial charge in [0.05, 0.1) is 12.4 Å². The van der Waals surface area contributed by atoms with E-state index in [0.29, 0.717) is 6.42 Å². The van der Waals surface area contributed by atoms with Crippen molar-refractivity contribution < 1.29 is 17.7 Å². The van der Waals surface area contributed by atoms with Crippen molar-refractivity contribution in [2.24, 2.45) is 0 Å². The monoisotopic (exact) mass is 168 g/mol. The fraction of sp³-hybridized carbons (Fsp3) is 1.00. The number of aliphatic hydroxyl groups is 1. The van der Waals surface area contributed by atoms with Crippen LogP contribution in [0, 0.1) is 0 Å². The van der Waals surface area contributed by atoms with E-state index in [1.54, 1.807) is 6.92 Å². The lowest BCUT2D eigenvalue weighted by molar-refractivity contribution is 0.176. The average Bonchev–Trinajstić information content (AvgIpc) is 1.59. The van der Waals surface area contributed by atoms with E-state index in [0.717, 1.165) is 6.26 Å². The van der Waals surface area contributed by atoms with E-state index in [-0.39, 0.29) is 6.61 Å². The molecule has 0 aromatic carbocycles. The minimum absolute atomic E-state index is 0.0588. The number of hydrogen-bond donors (Lipinski definition) is 1. The highest BCUT2D eigenvalue weighted by molar-refractivity contribution is 7.86. The second-order valence-corrected chi connectivity index (χ2v) is 3.72. The Morgan fingerprint density at radius 2 is 2.10 bits per heavy atom. The van der Waals surface area contributed by atoms with Crippen LogP contribution in [-0.2, 0) is 14.3 Å². The predicted octanol–water partition coefficient (Wildman–Crippen LogP) is -0.266. The van der Waals surface area contributed by atoms with Crippen LogP contribution in [0.2, 0.25) is 0 Å². The summed E-state index contributed by atoms with van der Waals surface area (Å²) in [6.45, 7) is 1.54. The Kier molecular flexibility index (Phi) is 3.85. The Morgan fingerprint density at radius 3 is 2.40 bits per heavy atom. The molecule has 0 heterocycles. The highest BCUT2D eigenvalue weighted by atomic mass is 32.2. The van der Waals surface area contributed by atoms with Crippen LogP contribution in [0.15, 0.2) is 0 Å². The maximum absolute atomic E-state index is 10.4. The Hall–Kier alpha value is -0.130. The molecule has 0 radical (unpaired) electrons. The molecule has 0 spiro atoms. The Morgan fingerprint density at radius 1 is 1.60 bits per heavy atom.